The number of aromatic nitrogens is 3. The van der Waals surface area contributed by atoms with E-state index in [2.05, 4.69) is 10.1 Å². The van der Waals surface area contributed by atoms with Crippen LogP contribution in [0.1, 0.15) is 0 Å². The van der Waals surface area contributed by atoms with Crippen molar-refractivity contribution in [3.05, 3.63) is 94.4 Å². The molecular weight excluding hydrogens is 430 g/mol. The van der Waals surface area contributed by atoms with Crippen LogP contribution in [0.5, 0.6) is 0 Å². The molecule has 0 aliphatic rings. The molecule has 5 aromatic rings. The molecule has 3 aromatic carbocycles. The molecular formula is C24H16ClN3O2S. The third-order valence-corrected chi connectivity index (χ3v) is 6.03. The molecule has 2 heterocycles. The number of nitrogens with zero attached hydrogens (tertiary/aromatic N) is 3. The molecule has 0 aliphatic carbocycles. The Morgan fingerprint density at radius 2 is 1.65 bits per heavy atom. The fraction of sp³-hybridized carbons (Fsp3) is 0.0417. The summed E-state index contributed by atoms with van der Waals surface area (Å²) >= 11 is 7.69. The van der Waals surface area contributed by atoms with E-state index in [-0.39, 0.29) is 5.56 Å². The molecule has 7 heteroatoms. The van der Waals surface area contributed by atoms with Crippen molar-refractivity contribution in [3.63, 3.8) is 0 Å². The van der Waals surface area contributed by atoms with Crippen molar-refractivity contribution in [1.29, 1.82) is 0 Å². The van der Waals surface area contributed by atoms with Gasteiger partial charge in [-0.25, -0.2) is 0 Å². The van der Waals surface area contributed by atoms with Gasteiger partial charge < -0.3 is 4.52 Å². The Kier molecular flexibility index (Phi) is 5.10. The van der Waals surface area contributed by atoms with Crippen molar-refractivity contribution in [2.75, 3.05) is 6.26 Å². The number of thioether (sulfide) groups is 1. The molecule has 2 aromatic heterocycles. The highest BCUT2D eigenvalue weighted by atomic mass is 35.5. The Balaban J connectivity index is 1.68. The van der Waals surface area contributed by atoms with Crippen molar-refractivity contribution < 1.29 is 4.52 Å². The molecule has 0 N–H and O–H groups in total. The summed E-state index contributed by atoms with van der Waals surface area (Å²) in [4.78, 5) is 18.9. The summed E-state index contributed by atoms with van der Waals surface area (Å²) in [7, 11) is 0. The van der Waals surface area contributed by atoms with E-state index in [1.165, 1.54) is 0 Å². The number of hydrogen-bond acceptors (Lipinski definition) is 5. The van der Waals surface area contributed by atoms with Gasteiger partial charge in [-0.15, -0.1) is 11.8 Å². The lowest BCUT2D eigenvalue weighted by molar-refractivity contribution is 0.432. The Morgan fingerprint density at radius 1 is 0.935 bits per heavy atom. The van der Waals surface area contributed by atoms with Crippen LogP contribution in [-0.2, 0) is 0 Å². The molecule has 0 amide bonds. The molecule has 0 atom stereocenters. The van der Waals surface area contributed by atoms with Gasteiger partial charge in [-0.05, 0) is 60.9 Å². The molecule has 31 heavy (non-hydrogen) atoms. The molecule has 5 rings (SSSR count). The van der Waals surface area contributed by atoms with E-state index in [4.69, 9.17) is 16.1 Å². The first kappa shape index (κ1) is 19.6. The second-order valence-electron chi connectivity index (χ2n) is 6.89. The normalized spacial score (nSPS) is 11.2. The largest absolute Gasteiger partial charge is 0.334 e. The van der Waals surface area contributed by atoms with Crippen LogP contribution in [-0.4, -0.2) is 21.0 Å². The van der Waals surface area contributed by atoms with Crippen molar-refractivity contribution in [3.8, 4) is 28.5 Å². The van der Waals surface area contributed by atoms with Crippen LogP contribution >= 0.6 is 23.4 Å². The molecule has 0 saturated heterocycles. The van der Waals surface area contributed by atoms with Crippen molar-refractivity contribution >= 4 is 34.1 Å². The monoisotopic (exact) mass is 445 g/mol. The minimum Gasteiger partial charge on any atom is -0.334 e. The maximum atomic E-state index is 13.1. The van der Waals surface area contributed by atoms with Crippen LogP contribution in [0, 0.1) is 0 Å². The Labute approximate surface area is 187 Å². The minimum atomic E-state index is -0.130. The number of fused-ring (bicyclic) bond motifs is 1. The fourth-order valence-corrected chi connectivity index (χ4v) is 3.98. The summed E-state index contributed by atoms with van der Waals surface area (Å²) in [5, 5.41) is 6.09. The average molecular weight is 446 g/mol. The first-order valence-electron chi connectivity index (χ1n) is 9.53. The Morgan fingerprint density at radius 3 is 2.35 bits per heavy atom. The van der Waals surface area contributed by atoms with Crippen LogP contribution in [0.25, 0.3) is 39.3 Å². The van der Waals surface area contributed by atoms with Gasteiger partial charge in [-0.2, -0.15) is 4.98 Å². The predicted molar refractivity (Wildman–Crippen MR) is 125 cm³/mol. The lowest BCUT2D eigenvalue weighted by Crippen LogP contribution is -2.18. The van der Waals surface area contributed by atoms with E-state index in [9.17, 15) is 4.79 Å². The maximum absolute atomic E-state index is 13.1. The molecule has 0 radical (unpaired) electrons. The van der Waals surface area contributed by atoms with E-state index in [0.717, 1.165) is 15.8 Å². The second kappa shape index (κ2) is 8.06. The summed E-state index contributed by atoms with van der Waals surface area (Å²) in [6.07, 6.45) is 3.77. The molecule has 5 nitrogen and oxygen atoms in total. The number of pyridine rings is 1. The zero-order valence-electron chi connectivity index (χ0n) is 16.4. The highest BCUT2D eigenvalue weighted by Gasteiger charge is 2.17. The fourth-order valence-electron chi connectivity index (χ4n) is 3.45. The van der Waals surface area contributed by atoms with Crippen molar-refractivity contribution in [2.24, 2.45) is 0 Å². The molecule has 0 bridgehead atoms. The highest BCUT2D eigenvalue weighted by molar-refractivity contribution is 7.98. The molecule has 152 valence electrons. The molecule has 0 unspecified atom stereocenters. The number of halogens is 1. The quantitative estimate of drug-likeness (QED) is 0.313. The number of rotatable bonds is 4. The Hall–Kier alpha value is -3.35. The van der Waals surface area contributed by atoms with Gasteiger partial charge in [0.05, 0.1) is 5.56 Å². The van der Waals surface area contributed by atoms with Gasteiger partial charge in [0.25, 0.3) is 11.4 Å². The van der Waals surface area contributed by atoms with Crippen molar-refractivity contribution in [1.82, 2.24) is 14.7 Å². The number of hydrogen-bond donors (Lipinski definition) is 0. The van der Waals surface area contributed by atoms with E-state index in [0.29, 0.717) is 33.4 Å². The topological polar surface area (TPSA) is 60.9 Å². The maximum Gasteiger partial charge on any atom is 0.262 e. The minimum absolute atomic E-state index is 0.130. The Bertz CT molecular complexity index is 1440. The average Bonchev–Trinajstić information content (AvgIpc) is 3.30. The van der Waals surface area contributed by atoms with Crippen LogP contribution in [0.2, 0.25) is 5.02 Å². The SMILES string of the molecule is CSc1ccc(-c2noc(-c3cn(-c4ccc(Cl)cc4)c(=O)c4ccccc34)n2)cc1. The molecule has 0 spiro atoms. The summed E-state index contributed by atoms with van der Waals surface area (Å²) in [5.41, 5.74) is 2.12. The van der Waals surface area contributed by atoms with E-state index < -0.39 is 0 Å². The zero-order valence-corrected chi connectivity index (χ0v) is 18.0. The van der Waals surface area contributed by atoms with E-state index >= 15 is 0 Å². The molecule has 0 aliphatic heterocycles. The van der Waals surface area contributed by atoms with Gasteiger partial charge >= 0.3 is 0 Å². The second-order valence-corrected chi connectivity index (χ2v) is 8.21. The summed E-state index contributed by atoms with van der Waals surface area (Å²) in [6.45, 7) is 0. The highest BCUT2D eigenvalue weighted by Crippen LogP contribution is 2.29. The van der Waals surface area contributed by atoms with Crippen LogP contribution in [0.3, 0.4) is 0 Å². The first-order valence-corrected chi connectivity index (χ1v) is 11.1. The molecule has 0 saturated carbocycles. The molecule has 0 fully saturated rings. The zero-order chi connectivity index (χ0) is 21.4. The van der Waals surface area contributed by atoms with Gasteiger partial charge in [-0.3, -0.25) is 9.36 Å². The van der Waals surface area contributed by atoms with E-state index in [1.54, 1.807) is 52.9 Å². The van der Waals surface area contributed by atoms with Gasteiger partial charge in [0.2, 0.25) is 5.82 Å². The third-order valence-electron chi connectivity index (χ3n) is 5.03. The van der Waals surface area contributed by atoms with Gasteiger partial charge in [0, 0.05) is 38.1 Å². The van der Waals surface area contributed by atoms with E-state index in [1.807, 2.05) is 48.7 Å². The standard InChI is InChI=1S/C24H16ClN3O2S/c1-31-18-12-6-15(7-13-18)22-26-23(30-27-22)21-14-28(17-10-8-16(25)9-11-17)24(29)20-5-3-2-4-19(20)21/h2-14H,1H3. The summed E-state index contributed by atoms with van der Waals surface area (Å²) in [5.74, 6) is 0.846. The van der Waals surface area contributed by atoms with Gasteiger partial charge in [0.1, 0.15) is 0 Å². The number of benzene rings is 3. The summed E-state index contributed by atoms with van der Waals surface area (Å²) in [6, 6.07) is 22.5. The van der Waals surface area contributed by atoms with Gasteiger partial charge in [0.15, 0.2) is 0 Å². The van der Waals surface area contributed by atoms with Gasteiger partial charge in [-0.1, -0.05) is 35.0 Å². The third kappa shape index (κ3) is 3.65. The van der Waals surface area contributed by atoms with Crippen LogP contribution in [0.15, 0.2) is 93.2 Å². The predicted octanol–water partition coefficient (Wildman–Crippen LogP) is 6.08. The summed E-state index contributed by atoms with van der Waals surface area (Å²) < 4.78 is 7.19. The lowest BCUT2D eigenvalue weighted by Gasteiger charge is -2.10. The van der Waals surface area contributed by atoms with Crippen molar-refractivity contribution in [2.45, 2.75) is 4.90 Å². The van der Waals surface area contributed by atoms with Crippen LogP contribution < -0.4 is 5.56 Å². The van der Waals surface area contributed by atoms with Crippen LogP contribution in [0.4, 0.5) is 0 Å². The smallest absolute Gasteiger partial charge is 0.262 e. The first-order chi connectivity index (χ1) is 15.1. The lowest BCUT2D eigenvalue weighted by atomic mass is 10.1.